The predicted octanol–water partition coefficient (Wildman–Crippen LogP) is 1.47. The van der Waals surface area contributed by atoms with E-state index in [9.17, 15) is 9.59 Å². The van der Waals surface area contributed by atoms with Gasteiger partial charge >= 0.3 is 12.1 Å². The number of hydrogen-bond donors (Lipinski definition) is 2. The van der Waals surface area contributed by atoms with Gasteiger partial charge in [0, 0.05) is 7.05 Å². The third-order valence-electron chi connectivity index (χ3n) is 1.81. The van der Waals surface area contributed by atoms with Gasteiger partial charge in [0.05, 0.1) is 6.20 Å². The Balaban J connectivity index is 2.76. The lowest BCUT2D eigenvalue weighted by Crippen LogP contribution is -2.28. The van der Waals surface area contributed by atoms with E-state index < -0.39 is 17.7 Å². The molecule has 0 atom stereocenters. The van der Waals surface area contributed by atoms with Crippen molar-refractivity contribution in [3.05, 3.63) is 12.0 Å². The second-order valence-corrected chi connectivity index (χ2v) is 4.46. The molecule has 7 nitrogen and oxygen atoms in total. The summed E-state index contributed by atoms with van der Waals surface area (Å²) in [5.74, 6) is -1.06. The quantitative estimate of drug-likeness (QED) is 0.817. The van der Waals surface area contributed by atoms with Crippen molar-refractivity contribution in [1.82, 2.24) is 9.55 Å². The van der Waals surface area contributed by atoms with Crippen LogP contribution in [0.15, 0.2) is 6.20 Å². The first kappa shape index (κ1) is 13.0. The fraction of sp³-hybridized carbons (Fsp3) is 0.500. The van der Waals surface area contributed by atoms with Crippen molar-refractivity contribution in [3.63, 3.8) is 0 Å². The molecule has 0 spiro atoms. The van der Waals surface area contributed by atoms with Gasteiger partial charge in [0.1, 0.15) is 11.4 Å². The Morgan fingerprint density at radius 3 is 2.47 bits per heavy atom. The zero-order valence-electron chi connectivity index (χ0n) is 10.1. The van der Waals surface area contributed by atoms with Crippen molar-refractivity contribution in [1.29, 1.82) is 0 Å². The second kappa shape index (κ2) is 4.44. The molecule has 0 saturated heterocycles. The topological polar surface area (TPSA) is 93.5 Å². The summed E-state index contributed by atoms with van der Waals surface area (Å²) in [5, 5.41) is 11.2. The zero-order valence-corrected chi connectivity index (χ0v) is 10.1. The first-order valence-electron chi connectivity index (χ1n) is 4.96. The second-order valence-electron chi connectivity index (χ2n) is 4.46. The number of nitrogens with one attached hydrogen (secondary N) is 1. The monoisotopic (exact) mass is 241 g/mol. The van der Waals surface area contributed by atoms with Crippen LogP contribution in [0.4, 0.5) is 10.6 Å². The Kier molecular flexibility index (Phi) is 3.40. The maximum absolute atomic E-state index is 11.4. The van der Waals surface area contributed by atoms with Crippen molar-refractivity contribution >= 4 is 17.9 Å². The number of carboxylic acid groups (broad SMARTS) is 1. The summed E-state index contributed by atoms with van der Waals surface area (Å²) in [6.45, 7) is 5.20. The number of aromatic carboxylic acids is 1. The van der Waals surface area contributed by atoms with Gasteiger partial charge < -0.3 is 14.4 Å². The van der Waals surface area contributed by atoms with Crippen LogP contribution in [0.3, 0.4) is 0 Å². The van der Waals surface area contributed by atoms with E-state index >= 15 is 0 Å². The summed E-state index contributed by atoms with van der Waals surface area (Å²) in [6.07, 6.45) is 0.602. The van der Waals surface area contributed by atoms with Crippen molar-refractivity contribution in [2.75, 3.05) is 5.32 Å². The van der Waals surface area contributed by atoms with Crippen LogP contribution < -0.4 is 5.32 Å². The van der Waals surface area contributed by atoms with Gasteiger partial charge in [0.2, 0.25) is 5.82 Å². The zero-order chi connectivity index (χ0) is 13.2. The number of aromatic nitrogens is 2. The summed E-state index contributed by atoms with van der Waals surface area (Å²) in [5.41, 5.74) is -0.613. The standard InChI is InChI=1S/C10H15N3O4/c1-10(2,3)17-9(16)12-6-5-11-7(8(14)15)13(6)4/h5H,1-4H3,(H,12,16)(H,14,15). The Morgan fingerprint density at radius 2 is 2.06 bits per heavy atom. The molecule has 0 fully saturated rings. The molecule has 2 N–H and O–H groups in total. The van der Waals surface area contributed by atoms with Crippen LogP contribution in [0.5, 0.6) is 0 Å². The number of anilines is 1. The largest absolute Gasteiger partial charge is 0.475 e. The van der Waals surface area contributed by atoms with Crippen LogP contribution in [0.25, 0.3) is 0 Å². The van der Waals surface area contributed by atoms with Crippen molar-refractivity contribution in [2.24, 2.45) is 7.05 Å². The highest BCUT2D eigenvalue weighted by atomic mass is 16.6. The Bertz CT molecular complexity index is 445. The maximum atomic E-state index is 11.4. The number of carbonyl (C=O) groups excluding carboxylic acids is 1. The van der Waals surface area contributed by atoms with E-state index in [1.165, 1.54) is 17.8 Å². The van der Waals surface area contributed by atoms with E-state index in [4.69, 9.17) is 9.84 Å². The third kappa shape index (κ3) is 3.47. The number of nitrogens with zero attached hydrogens (tertiary/aromatic N) is 2. The average Bonchev–Trinajstić information content (AvgIpc) is 2.44. The molecule has 17 heavy (non-hydrogen) atoms. The fourth-order valence-corrected chi connectivity index (χ4v) is 1.13. The Hall–Kier alpha value is -2.05. The molecule has 0 radical (unpaired) electrons. The summed E-state index contributed by atoms with van der Waals surface area (Å²) in [4.78, 5) is 25.8. The summed E-state index contributed by atoms with van der Waals surface area (Å²) in [6, 6.07) is 0. The van der Waals surface area contributed by atoms with E-state index in [-0.39, 0.29) is 11.6 Å². The lowest BCUT2D eigenvalue weighted by molar-refractivity contribution is 0.0629. The first-order chi connectivity index (χ1) is 7.70. The van der Waals surface area contributed by atoms with Gasteiger partial charge in [-0.2, -0.15) is 0 Å². The third-order valence-corrected chi connectivity index (χ3v) is 1.81. The predicted molar refractivity (Wildman–Crippen MR) is 60.0 cm³/mol. The molecule has 1 amide bonds. The molecule has 0 unspecified atom stereocenters. The number of amides is 1. The van der Waals surface area contributed by atoms with Gasteiger partial charge in [0.25, 0.3) is 0 Å². The smallest absolute Gasteiger partial charge is 0.413 e. The summed E-state index contributed by atoms with van der Waals surface area (Å²) in [7, 11) is 1.49. The van der Waals surface area contributed by atoms with E-state index in [1.54, 1.807) is 20.8 Å². The molecule has 94 valence electrons. The van der Waals surface area contributed by atoms with Crippen LogP contribution in [0, 0.1) is 0 Å². The van der Waals surface area contributed by atoms with Gasteiger partial charge in [-0.1, -0.05) is 0 Å². The van der Waals surface area contributed by atoms with Gasteiger partial charge in [-0.3, -0.25) is 5.32 Å². The van der Waals surface area contributed by atoms with Crippen LogP contribution in [0.2, 0.25) is 0 Å². The van der Waals surface area contributed by atoms with Crippen LogP contribution in [-0.4, -0.2) is 32.3 Å². The minimum Gasteiger partial charge on any atom is -0.475 e. The van der Waals surface area contributed by atoms with Crippen molar-refractivity contribution in [2.45, 2.75) is 26.4 Å². The molecular formula is C10H15N3O4. The molecule has 0 aliphatic carbocycles. The van der Waals surface area contributed by atoms with E-state index in [0.29, 0.717) is 0 Å². The lowest BCUT2D eigenvalue weighted by atomic mass is 10.2. The van der Waals surface area contributed by atoms with E-state index in [0.717, 1.165) is 0 Å². The van der Waals surface area contributed by atoms with Crippen molar-refractivity contribution < 1.29 is 19.4 Å². The van der Waals surface area contributed by atoms with Crippen molar-refractivity contribution in [3.8, 4) is 0 Å². The van der Waals surface area contributed by atoms with E-state index in [2.05, 4.69) is 10.3 Å². The fourth-order valence-electron chi connectivity index (χ4n) is 1.13. The number of imidazole rings is 1. The highest BCUT2D eigenvalue weighted by Gasteiger charge is 2.19. The number of hydrogen-bond acceptors (Lipinski definition) is 4. The Morgan fingerprint density at radius 1 is 1.47 bits per heavy atom. The molecule has 7 heteroatoms. The molecule has 0 saturated carbocycles. The molecule has 1 aromatic rings. The highest BCUT2D eigenvalue weighted by Crippen LogP contribution is 2.12. The molecule has 0 aromatic carbocycles. The number of ether oxygens (including phenoxy) is 1. The van der Waals surface area contributed by atoms with Crippen LogP contribution in [0.1, 0.15) is 31.4 Å². The average molecular weight is 241 g/mol. The molecule has 0 bridgehead atoms. The summed E-state index contributed by atoms with van der Waals surface area (Å²) >= 11 is 0. The lowest BCUT2D eigenvalue weighted by Gasteiger charge is -2.19. The van der Waals surface area contributed by atoms with Gasteiger partial charge in [-0.05, 0) is 20.8 Å². The molecule has 1 rings (SSSR count). The minimum absolute atomic E-state index is 0.156. The van der Waals surface area contributed by atoms with Crippen LogP contribution >= 0.6 is 0 Å². The maximum Gasteiger partial charge on any atom is 0.413 e. The van der Waals surface area contributed by atoms with Crippen LogP contribution in [-0.2, 0) is 11.8 Å². The van der Waals surface area contributed by atoms with Gasteiger partial charge in [-0.15, -0.1) is 0 Å². The molecule has 0 aliphatic rings. The number of carbonyl (C=O) groups is 2. The SMILES string of the molecule is Cn1c(NC(=O)OC(C)(C)C)cnc1C(=O)O. The first-order valence-corrected chi connectivity index (χ1v) is 4.96. The normalized spacial score (nSPS) is 11.1. The number of rotatable bonds is 2. The summed E-state index contributed by atoms with van der Waals surface area (Å²) < 4.78 is 6.28. The molecule has 1 heterocycles. The minimum atomic E-state index is -1.16. The molecular weight excluding hydrogens is 226 g/mol. The molecule has 1 aromatic heterocycles. The highest BCUT2D eigenvalue weighted by molar-refractivity contribution is 5.87. The van der Waals surface area contributed by atoms with Gasteiger partial charge in [0.15, 0.2) is 0 Å². The van der Waals surface area contributed by atoms with E-state index in [1.807, 2.05) is 0 Å². The van der Waals surface area contributed by atoms with Gasteiger partial charge in [-0.25, -0.2) is 14.6 Å². The molecule has 0 aliphatic heterocycles. The number of carboxylic acids is 1. The Labute approximate surface area is 98.4 Å².